The molecule has 30 heavy (non-hydrogen) atoms. The summed E-state index contributed by atoms with van der Waals surface area (Å²) in [5, 5.41) is 6.06. The highest BCUT2D eigenvalue weighted by Crippen LogP contribution is 2.36. The highest BCUT2D eigenvalue weighted by atomic mass is 32.1. The number of hydrogen-bond acceptors (Lipinski definition) is 8. The van der Waals surface area contributed by atoms with Crippen LogP contribution in [0, 0.1) is 0 Å². The SMILES string of the molecule is O=C(c1cccc2c1OCO2)N1CCN(CCCc2nc(-c3cccs3)no2)CC1. The lowest BCUT2D eigenvalue weighted by molar-refractivity contribution is 0.0631. The molecule has 1 aromatic carbocycles. The number of benzene rings is 1. The molecule has 0 N–H and O–H groups in total. The lowest BCUT2D eigenvalue weighted by Gasteiger charge is -2.34. The van der Waals surface area contributed by atoms with E-state index in [1.54, 1.807) is 17.4 Å². The average molecular weight is 426 g/mol. The largest absolute Gasteiger partial charge is 0.454 e. The second-order valence-electron chi connectivity index (χ2n) is 7.27. The Bertz CT molecular complexity index is 1010. The fraction of sp³-hybridized carbons (Fsp3) is 0.381. The molecule has 9 heteroatoms. The van der Waals surface area contributed by atoms with Gasteiger partial charge in [-0.05, 0) is 36.5 Å². The topological polar surface area (TPSA) is 80.9 Å². The van der Waals surface area contributed by atoms with E-state index < -0.39 is 0 Å². The van der Waals surface area contributed by atoms with Gasteiger partial charge in [0.2, 0.25) is 18.5 Å². The van der Waals surface area contributed by atoms with Crippen LogP contribution < -0.4 is 9.47 Å². The van der Waals surface area contributed by atoms with Crippen molar-refractivity contribution in [1.29, 1.82) is 0 Å². The highest BCUT2D eigenvalue weighted by molar-refractivity contribution is 7.13. The Labute approximate surface area is 178 Å². The zero-order chi connectivity index (χ0) is 20.3. The van der Waals surface area contributed by atoms with Crippen LogP contribution in [0.25, 0.3) is 10.7 Å². The maximum atomic E-state index is 12.9. The predicted octanol–water partition coefficient (Wildman–Crippen LogP) is 2.92. The molecule has 0 radical (unpaired) electrons. The number of rotatable bonds is 6. The van der Waals surface area contributed by atoms with Crippen molar-refractivity contribution in [3.63, 3.8) is 0 Å². The molecule has 0 saturated carbocycles. The van der Waals surface area contributed by atoms with E-state index >= 15 is 0 Å². The number of aromatic nitrogens is 2. The fourth-order valence-corrected chi connectivity index (χ4v) is 4.41. The van der Waals surface area contributed by atoms with E-state index in [0.29, 0.717) is 41.9 Å². The Morgan fingerprint density at radius 3 is 2.83 bits per heavy atom. The molecule has 1 amide bonds. The van der Waals surface area contributed by atoms with Gasteiger partial charge in [0, 0.05) is 32.6 Å². The molecule has 0 spiro atoms. The summed E-state index contributed by atoms with van der Waals surface area (Å²) in [6.07, 6.45) is 1.70. The van der Waals surface area contributed by atoms with Crippen molar-refractivity contribution in [3.8, 4) is 22.2 Å². The monoisotopic (exact) mass is 426 g/mol. The van der Waals surface area contributed by atoms with E-state index in [9.17, 15) is 4.79 Å². The van der Waals surface area contributed by atoms with Gasteiger partial charge in [-0.1, -0.05) is 17.3 Å². The van der Waals surface area contributed by atoms with E-state index in [1.165, 1.54) is 0 Å². The second-order valence-corrected chi connectivity index (χ2v) is 8.21. The molecule has 1 fully saturated rings. The minimum atomic E-state index is 0.00367. The van der Waals surface area contributed by atoms with Crippen molar-refractivity contribution in [2.75, 3.05) is 39.5 Å². The number of carbonyl (C=O) groups excluding carboxylic acids is 1. The van der Waals surface area contributed by atoms with Gasteiger partial charge in [0.25, 0.3) is 5.91 Å². The van der Waals surface area contributed by atoms with Gasteiger partial charge in [-0.3, -0.25) is 9.69 Å². The Morgan fingerprint density at radius 1 is 1.10 bits per heavy atom. The van der Waals surface area contributed by atoms with Crippen molar-refractivity contribution < 1.29 is 18.8 Å². The van der Waals surface area contributed by atoms with E-state index in [1.807, 2.05) is 34.5 Å². The smallest absolute Gasteiger partial charge is 0.257 e. The van der Waals surface area contributed by atoms with E-state index in [2.05, 4.69) is 15.0 Å². The van der Waals surface area contributed by atoms with Gasteiger partial charge >= 0.3 is 0 Å². The van der Waals surface area contributed by atoms with Crippen LogP contribution in [-0.4, -0.2) is 65.4 Å². The highest BCUT2D eigenvalue weighted by Gasteiger charge is 2.27. The zero-order valence-electron chi connectivity index (χ0n) is 16.5. The third kappa shape index (κ3) is 3.90. The molecule has 0 bridgehead atoms. The van der Waals surface area contributed by atoms with Gasteiger partial charge < -0.3 is 18.9 Å². The summed E-state index contributed by atoms with van der Waals surface area (Å²) in [7, 11) is 0. The van der Waals surface area contributed by atoms with Crippen LogP contribution >= 0.6 is 11.3 Å². The first kappa shape index (κ1) is 19.1. The molecule has 4 heterocycles. The molecular weight excluding hydrogens is 404 g/mol. The molecule has 0 aliphatic carbocycles. The molecule has 0 unspecified atom stereocenters. The maximum Gasteiger partial charge on any atom is 0.257 e. The van der Waals surface area contributed by atoms with Crippen LogP contribution in [0.4, 0.5) is 0 Å². The molecule has 2 aliphatic rings. The van der Waals surface area contributed by atoms with Gasteiger partial charge in [0.05, 0.1) is 10.4 Å². The lowest BCUT2D eigenvalue weighted by Crippen LogP contribution is -2.48. The van der Waals surface area contributed by atoms with E-state index in [0.717, 1.165) is 37.4 Å². The van der Waals surface area contributed by atoms with E-state index in [4.69, 9.17) is 14.0 Å². The molecule has 1 saturated heterocycles. The molecule has 3 aromatic rings. The Hall–Kier alpha value is -2.91. The van der Waals surface area contributed by atoms with Gasteiger partial charge in [-0.15, -0.1) is 11.3 Å². The summed E-state index contributed by atoms with van der Waals surface area (Å²) in [6.45, 7) is 4.21. The van der Waals surface area contributed by atoms with E-state index in [-0.39, 0.29) is 12.7 Å². The van der Waals surface area contributed by atoms with Crippen LogP contribution in [-0.2, 0) is 6.42 Å². The number of thiophene rings is 1. The minimum Gasteiger partial charge on any atom is -0.454 e. The molecule has 2 aromatic heterocycles. The first-order valence-electron chi connectivity index (χ1n) is 10.0. The number of amides is 1. The Kier molecular flexibility index (Phi) is 5.37. The Morgan fingerprint density at radius 2 is 2.00 bits per heavy atom. The van der Waals surface area contributed by atoms with Crippen molar-refractivity contribution in [1.82, 2.24) is 19.9 Å². The molecule has 5 rings (SSSR count). The van der Waals surface area contributed by atoms with Gasteiger partial charge in [0.15, 0.2) is 11.5 Å². The number of piperazine rings is 1. The summed E-state index contributed by atoms with van der Waals surface area (Å²) >= 11 is 1.60. The Balaban J connectivity index is 1.09. The lowest BCUT2D eigenvalue weighted by atomic mass is 10.1. The molecule has 0 atom stereocenters. The number of para-hydroxylation sites is 1. The normalized spacial score (nSPS) is 16.2. The third-order valence-electron chi connectivity index (χ3n) is 5.36. The third-order valence-corrected chi connectivity index (χ3v) is 6.23. The average Bonchev–Trinajstić information content (AvgIpc) is 3.54. The summed E-state index contributed by atoms with van der Waals surface area (Å²) in [4.78, 5) is 22.7. The minimum absolute atomic E-state index is 0.00367. The zero-order valence-corrected chi connectivity index (χ0v) is 17.3. The summed E-state index contributed by atoms with van der Waals surface area (Å²) in [6, 6.07) is 9.43. The molecule has 156 valence electrons. The van der Waals surface area contributed by atoms with Crippen LogP contribution in [0.15, 0.2) is 40.2 Å². The number of carbonyl (C=O) groups is 1. The van der Waals surface area contributed by atoms with Crippen molar-refractivity contribution in [2.45, 2.75) is 12.8 Å². The number of ether oxygens (including phenoxy) is 2. The number of aryl methyl sites for hydroxylation is 1. The predicted molar refractivity (Wildman–Crippen MR) is 111 cm³/mol. The molecular formula is C21H22N4O4S. The standard InChI is InChI=1S/C21H22N4O4S/c26-21(15-4-1-5-16-19(15)28-14-27-16)25-11-9-24(10-12-25)8-2-7-18-22-20(23-29-18)17-6-3-13-30-17/h1,3-6,13H,2,7-12,14H2. The summed E-state index contributed by atoms with van der Waals surface area (Å²) < 4.78 is 16.2. The quantitative estimate of drug-likeness (QED) is 0.599. The van der Waals surface area contributed by atoms with Crippen LogP contribution in [0.1, 0.15) is 22.7 Å². The summed E-state index contributed by atoms with van der Waals surface area (Å²) in [5.41, 5.74) is 0.580. The number of nitrogens with zero attached hydrogens (tertiary/aromatic N) is 4. The molecule has 2 aliphatic heterocycles. The second kappa shape index (κ2) is 8.45. The van der Waals surface area contributed by atoms with Crippen molar-refractivity contribution in [2.24, 2.45) is 0 Å². The van der Waals surface area contributed by atoms with Crippen LogP contribution in [0.2, 0.25) is 0 Å². The number of fused-ring (bicyclic) bond motifs is 1. The van der Waals surface area contributed by atoms with Gasteiger partial charge in [-0.2, -0.15) is 4.98 Å². The molecule has 8 nitrogen and oxygen atoms in total. The van der Waals surface area contributed by atoms with Crippen LogP contribution in [0.3, 0.4) is 0 Å². The van der Waals surface area contributed by atoms with Crippen molar-refractivity contribution >= 4 is 17.2 Å². The first-order valence-corrected chi connectivity index (χ1v) is 10.9. The fourth-order valence-electron chi connectivity index (χ4n) is 3.76. The van der Waals surface area contributed by atoms with Gasteiger partial charge in [-0.25, -0.2) is 0 Å². The number of hydrogen-bond donors (Lipinski definition) is 0. The first-order chi connectivity index (χ1) is 14.8. The van der Waals surface area contributed by atoms with Crippen LogP contribution in [0.5, 0.6) is 11.5 Å². The maximum absolute atomic E-state index is 12.9. The van der Waals surface area contributed by atoms with Gasteiger partial charge in [0.1, 0.15) is 0 Å². The summed E-state index contributed by atoms with van der Waals surface area (Å²) in [5.74, 6) is 2.54. The van der Waals surface area contributed by atoms with Crippen molar-refractivity contribution in [3.05, 3.63) is 47.2 Å².